The Hall–Kier alpha value is -3.29. The molecule has 1 unspecified atom stereocenters. The van der Waals surface area contributed by atoms with E-state index in [1.807, 2.05) is 0 Å². The molecule has 0 aliphatic heterocycles. The number of anilines is 2. The number of benzene rings is 1. The Labute approximate surface area is 144 Å². The molecule has 0 spiro atoms. The highest BCUT2D eigenvalue weighted by molar-refractivity contribution is 6.02. The van der Waals surface area contributed by atoms with Crippen molar-refractivity contribution in [3.05, 3.63) is 48.4 Å². The van der Waals surface area contributed by atoms with Crippen LogP contribution in [0.2, 0.25) is 0 Å². The van der Waals surface area contributed by atoms with Crippen molar-refractivity contribution >= 4 is 29.2 Å². The van der Waals surface area contributed by atoms with E-state index in [0.717, 1.165) is 0 Å². The van der Waals surface area contributed by atoms with E-state index in [1.54, 1.807) is 50.2 Å². The third kappa shape index (κ3) is 5.10. The van der Waals surface area contributed by atoms with Crippen LogP contribution in [0.5, 0.6) is 0 Å². The van der Waals surface area contributed by atoms with Gasteiger partial charge in [0.25, 0.3) is 5.91 Å². The molecule has 0 saturated heterocycles. The van der Waals surface area contributed by atoms with Gasteiger partial charge in [0, 0.05) is 11.4 Å². The van der Waals surface area contributed by atoms with Crippen LogP contribution in [0.3, 0.4) is 0 Å². The Morgan fingerprint density at radius 1 is 1.00 bits per heavy atom. The summed E-state index contributed by atoms with van der Waals surface area (Å²) in [6, 6.07) is 8.24. The largest absolute Gasteiger partial charge is 0.459 e. The highest BCUT2D eigenvalue weighted by Gasteiger charge is 2.23. The summed E-state index contributed by atoms with van der Waals surface area (Å²) in [5, 5.41) is 7.78. The van der Waals surface area contributed by atoms with Crippen molar-refractivity contribution in [3.63, 3.8) is 0 Å². The number of carbonyl (C=O) groups is 3. The van der Waals surface area contributed by atoms with Crippen molar-refractivity contribution in [2.45, 2.75) is 19.9 Å². The summed E-state index contributed by atoms with van der Waals surface area (Å²) in [5.74, 6) is -0.664. The third-order valence-corrected chi connectivity index (χ3v) is 3.40. The zero-order chi connectivity index (χ0) is 18.4. The lowest BCUT2D eigenvalue weighted by Gasteiger charge is -2.20. The van der Waals surface area contributed by atoms with E-state index >= 15 is 0 Å². The van der Waals surface area contributed by atoms with Gasteiger partial charge in [-0.1, -0.05) is 13.8 Å². The Morgan fingerprint density at radius 2 is 1.60 bits per heavy atom. The maximum Gasteiger partial charge on any atom is 0.312 e. The molecular weight excluding hydrogens is 324 g/mol. The number of furan rings is 1. The van der Waals surface area contributed by atoms with Crippen LogP contribution in [0.15, 0.2) is 47.1 Å². The number of carbonyl (C=O) groups excluding carboxylic acids is 3. The minimum Gasteiger partial charge on any atom is -0.459 e. The molecular formula is C17H20N4O4. The van der Waals surface area contributed by atoms with E-state index in [0.29, 0.717) is 11.4 Å². The lowest BCUT2D eigenvalue weighted by Crippen LogP contribution is -2.49. The quantitative estimate of drug-likeness (QED) is 0.640. The summed E-state index contributed by atoms with van der Waals surface area (Å²) in [7, 11) is 0. The maximum absolute atomic E-state index is 12.2. The molecule has 5 N–H and O–H groups in total. The van der Waals surface area contributed by atoms with Crippen LogP contribution in [0.25, 0.3) is 0 Å². The van der Waals surface area contributed by atoms with Crippen LogP contribution in [-0.2, 0) is 4.79 Å². The summed E-state index contributed by atoms with van der Waals surface area (Å²) in [4.78, 5) is 35.1. The number of hydrogen-bond donors (Lipinski definition) is 4. The fourth-order valence-corrected chi connectivity index (χ4v) is 2.15. The van der Waals surface area contributed by atoms with Gasteiger partial charge >= 0.3 is 6.03 Å². The fourth-order valence-electron chi connectivity index (χ4n) is 2.15. The molecule has 4 amide bonds. The molecule has 0 fully saturated rings. The van der Waals surface area contributed by atoms with Gasteiger partial charge in [-0.3, -0.25) is 9.59 Å². The van der Waals surface area contributed by atoms with Gasteiger partial charge in [0.05, 0.1) is 6.26 Å². The van der Waals surface area contributed by atoms with Crippen LogP contribution in [0, 0.1) is 5.92 Å². The Bertz CT molecular complexity index is 739. The van der Waals surface area contributed by atoms with Crippen molar-refractivity contribution in [1.29, 1.82) is 0 Å². The predicted molar refractivity (Wildman–Crippen MR) is 93.1 cm³/mol. The molecule has 2 rings (SSSR count). The monoisotopic (exact) mass is 344 g/mol. The highest BCUT2D eigenvalue weighted by atomic mass is 16.3. The Morgan fingerprint density at radius 3 is 2.08 bits per heavy atom. The standard InChI is InChI=1S/C17H20N4O4/c1-10(2)14(21-17(18)24)16(23)20-12-7-5-11(6-8-12)19-15(22)13-4-3-9-25-13/h3-10,14H,1-2H3,(H,19,22)(H,20,23)(H3,18,21,24). The average Bonchev–Trinajstić information content (AvgIpc) is 3.08. The summed E-state index contributed by atoms with van der Waals surface area (Å²) in [6.07, 6.45) is 1.42. The second-order valence-electron chi connectivity index (χ2n) is 5.73. The molecule has 8 nitrogen and oxygen atoms in total. The van der Waals surface area contributed by atoms with Gasteiger partial charge in [0.15, 0.2) is 5.76 Å². The summed E-state index contributed by atoms with van der Waals surface area (Å²) < 4.78 is 5.01. The van der Waals surface area contributed by atoms with Crippen molar-refractivity contribution < 1.29 is 18.8 Å². The first-order valence-corrected chi connectivity index (χ1v) is 7.68. The minimum atomic E-state index is -0.759. The average molecular weight is 344 g/mol. The molecule has 1 aromatic heterocycles. The van der Waals surface area contributed by atoms with Crippen LogP contribution in [-0.4, -0.2) is 23.9 Å². The van der Waals surface area contributed by atoms with Gasteiger partial charge in [0.1, 0.15) is 6.04 Å². The van der Waals surface area contributed by atoms with Crippen molar-refractivity contribution in [3.8, 4) is 0 Å². The SMILES string of the molecule is CC(C)C(NC(N)=O)C(=O)Nc1ccc(NC(=O)c2ccco2)cc1. The molecule has 8 heteroatoms. The van der Waals surface area contributed by atoms with Crippen LogP contribution in [0.1, 0.15) is 24.4 Å². The minimum absolute atomic E-state index is 0.126. The van der Waals surface area contributed by atoms with Crippen LogP contribution in [0.4, 0.5) is 16.2 Å². The topological polar surface area (TPSA) is 126 Å². The molecule has 0 aliphatic rings. The van der Waals surface area contributed by atoms with E-state index in [4.69, 9.17) is 10.2 Å². The molecule has 2 aromatic rings. The number of amides is 4. The fraction of sp³-hybridized carbons (Fsp3) is 0.235. The number of hydrogen-bond acceptors (Lipinski definition) is 4. The summed E-state index contributed by atoms with van der Waals surface area (Å²) in [5.41, 5.74) is 6.17. The molecule has 0 saturated carbocycles. The zero-order valence-corrected chi connectivity index (χ0v) is 13.9. The highest BCUT2D eigenvalue weighted by Crippen LogP contribution is 2.16. The molecule has 0 bridgehead atoms. The second kappa shape index (κ2) is 8.00. The van der Waals surface area contributed by atoms with Gasteiger partial charge in [-0.05, 0) is 42.3 Å². The molecule has 1 aromatic carbocycles. The molecule has 132 valence electrons. The first-order chi connectivity index (χ1) is 11.9. The Kier molecular flexibility index (Phi) is 5.78. The van der Waals surface area contributed by atoms with Crippen LogP contribution < -0.4 is 21.7 Å². The van der Waals surface area contributed by atoms with E-state index in [1.165, 1.54) is 6.26 Å². The smallest absolute Gasteiger partial charge is 0.312 e. The number of primary amides is 1. The molecule has 0 aliphatic carbocycles. The maximum atomic E-state index is 12.2. The van der Waals surface area contributed by atoms with E-state index in [-0.39, 0.29) is 23.5 Å². The van der Waals surface area contributed by atoms with Gasteiger partial charge in [0.2, 0.25) is 5.91 Å². The van der Waals surface area contributed by atoms with Gasteiger partial charge in [-0.2, -0.15) is 0 Å². The summed E-state index contributed by atoms with van der Waals surface area (Å²) in [6.45, 7) is 3.60. The third-order valence-electron chi connectivity index (χ3n) is 3.40. The zero-order valence-electron chi connectivity index (χ0n) is 13.9. The van der Waals surface area contributed by atoms with Crippen LogP contribution >= 0.6 is 0 Å². The van der Waals surface area contributed by atoms with Gasteiger partial charge < -0.3 is 26.1 Å². The molecule has 1 heterocycles. The lowest BCUT2D eigenvalue weighted by atomic mass is 10.0. The second-order valence-corrected chi connectivity index (χ2v) is 5.73. The summed E-state index contributed by atoms with van der Waals surface area (Å²) >= 11 is 0. The molecule has 1 atom stereocenters. The van der Waals surface area contributed by atoms with Crippen molar-refractivity contribution in [2.75, 3.05) is 10.6 Å². The number of nitrogens with two attached hydrogens (primary N) is 1. The first kappa shape index (κ1) is 18.1. The van der Waals surface area contributed by atoms with E-state index in [2.05, 4.69) is 16.0 Å². The first-order valence-electron chi connectivity index (χ1n) is 7.68. The number of rotatable bonds is 6. The van der Waals surface area contributed by atoms with E-state index < -0.39 is 12.1 Å². The van der Waals surface area contributed by atoms with Crippen molar-refractivity contribution in [2.24, 2.45) is 11.7 Å². The van der Waals surface area contributed by atoms with E-state index in [9.17, 15) is 14.4 Å². The molecule has 0 radical (unpaired) electrons. The van der Waals surface area contributed by atoms with Gasteiger partial charge in [-0.25, -0.2) is 4.79 Å². The number of nitrogens with one attached hydrogen (secondary N) is 3. The lowest BCUT2D eigenvalue weighted by molar-refractivity contribution is -0.118. The van der Waals surface area contributed by atoms with Gasteiger partial charge in [-0.15, -0.1) is 0 Å². The Balaban J connectivity index is 1.98. The number of urea groups is 1. The predicted octanol–water partition coefficient (Wildman–Crippen LogP) is 2.16. The molecule has 25 heavy (non-hydrogen) atoms. The normalized spacial score (nSPS) is 11.6. The van der Waals surface area contributed by atoms with Crippen molar-refractivity contribution in [1.82, 2.24) is 5.32 Å².